The van der Waals surface area contributed by atoms with E-state index in [4.69, 9.17) is 0 Å². The molecule has 1 rings (SSSR count). The molecular weight excluding hydrogens is 192 g/mol. The van der Waals surface area contributed by atoms with Gasteiger partial charge in [-0.25, -0.2) is 4.98 Å². The lowest BCUT2D eigenvalue weighted by atomic mass is 10.2. The predicted octanol–water partition coefficient (Wildman–Crippen LogP) is 2.71. The average molecular weight is 210 g/mol. The number of aryl methyl sites for hydroxylation is 1. The van der Waals surface area contributed by atoms with Crippen molar-refractivity contribution >= 4 is 17.4 Å². The molecule has 3 heteroatoms. The quantitative estimate of drug-likeness (QED) is 0.756. The summed E-state index contributed by atoms with van der Waals surface area (Å²) in [4.78, 5) is 5.45. The van der Waals surface area contributed by atoms with E-state index in [1.807, 2.05) is 12.4 Å². The van der Waals surface area contributed by atoms with Crippen molar-refractivity contribution in [2.45, 2.75) is 20.8 Å². The van der Waals surface area contributed by atoms with Gasteiger partial charge in [0.25, 0.3) is 0 Å². The lowest BCUT2D eigenvalue weighted by molar-refractivity contribution is 0.577. The van der Waals surface area contributed by atoms with Gasteiger partial charge in [-0.05, 0) is 25.5 Å². The van der Waals surface area contributed by atoms with Crippen molar-refractivity contribution in [3.63, 3.8) is 0 Å². The van der Waals surface area contributed by atoms with Crippen LogP contribution in [0.25, 0.3) is 6.08 Å². The Labute approximate surface area is 90.1 Å². The van der Waals surface area contributed by atoms with E-state index >= 15 is 0 Å². The second-order valence-electron chi connectivity index (χ2n) is 3.76. The molecule has 1 heterocycles. The maximum atomic E-state index is 4.19. The Kier molecular flexibility index (Phi) is 4.84. The van der Waals surface area contributed by atoms with Gasteiger partial charge >= 0.3 is 0 Å². The molecule has 0 atom stereocenters. The molecule has 0 spiro atoms. The van der Waals surface area contributed by atoms with E-state index in [9.17, 15) is 0 Å². The van der Waals surface area contributed by atoms with Crippen molar-refractivity contribution < 1.29 is 0 Å². The molecule has 0 saturated carbocycles. The lowest BCUT2D eigenvalue weighted by Gasteiger charge is -2.03. The fraction of sp³-hybridized carbons (Fsp3) is 0.545. The van der Waals surface area contributed by atoms with Crippen LogP contribution in [-0.2, 0) is 0 Å². The molecule has 1 N–H and O–H groups in total. The predicted molar refractivity (Wildman–Crippen MR) is 63.6 cm³/mol. The smallest absolute Gasteiger partial charge is 0.0801 e. The Morgan fingerprint density at radius 3 is 2.93 bits per heavy atom. The van der Waals surface area contributed by atoms with E-state index in [-0.39, 0.29) is 0 Å². The number of thiazole rings is 1. The lowest BCUT2D eigenvalue weighted by Crippen LogP contribution is -2.19. The summed E-state index contributed by atoms with van der Waals surface area (Å²) in [6, 6.07) is 0. The molecule has 0 unspecified atom stereocenters. The Morgan fingerprint density at radius 2 is 2.36 bits per heavy atom. The van der Waals surface area contributed by atoms with E-state index in [1.165, 1.54) is 4.88 Å². The van der Waals surface area contributed by atoms with Crippen molar-refractivity contribution in [3.05, 3.63) is 22.2 Å². The molecule has 0 amide bonds. The summed E-state index contributed by atoms with van der Waals surface area (Å²) in [5.41, 5.74) is 3.01. The highest BCUT2D eigenvalue weighted by Crippen LogP contribution is 2.13. The molecule has 1 aromatic heterocycles. The number of nitrogens with zero attached hydrogens (tertiary/aromatic N) is 1. The zero-order chi connectivity index (χ0) is 10.4. The summed E-state index contributed by atoms with van der Waals surface area (Å²) in [6.45, 7) is 8.48. The van der Waals surface area contributed by atoms with Crippen LogP contribution in [0.3, 0.4) is 0 Å². The van der Waals surface area contributed by atoms with Crippen LogP contribution < -0.4 is 5.32 Å². The SMILES string of the molecule is Cc1ncsc1C=CCNCC(C)C. The van der Waals surface area contributed by atoms with Crippen LogP contribution in [0, 0.1) is 12.8 Å². The largest absolute Gasteiger partial charge is 0.313 e. The van der Waals surface area contributed by atoms with Gasteiger partial charge in [-0.1, -0.05) is 19.9 Å². The minimum absolute atomic E-state index is 0.716. The number of aromatic nitrogens is 1. The second-order valence-corrected chi connectivity index (χ2v) is 4.64. The highest BCUT2D eigenvalue weighted by Gasteiger charge is 1.94. The average Bonchev–Trinajstić information content (AvgIpc) is 2.51. The van der Waals surface area contributed by atoms with E-state index in [2.05, 4.69) is 36.3 Å². The van der Waals surface area contributed by atoms with Crippen molar-refractivity contribution in [1.29, 1.82) is 0 Å². The monoisotopic (exact) mass is 210 g/mol. The number of hydrogen-bond donors (Lipinski definition) is 1. The minimum atomic E-state index is 0.716. The van der Waals surface area contributed by atoms with Gasteiger partial charge in [0.15, 0.2) is 0 Å². The molecule has 0 radical (unpaired) electrons. The van der Waals surface area contributed by atoms with Gasteiger partial charge in [-0.2, -0.15) is 0 Å². The van der Waals surface area contributed by atoms with E-state index < -0.39 is 0 Å². The molecule has 0 aliphatic carbocycles. The van der Waals surface area contributed by atoms with Gasteiger partial charge < -0.3 is 5.32 Å². The van der Waals surface area contributed by atoms with Gasteiger partial charge in [-0.3, -0.25) is 0 Å². The second kappa shape index (κ2) is 5.94. The molecule has 0 aliphatic rings. The van der Waals surface area contributed by atoms with Crippen LogP contribution >= 0.6 is 11.3 Å². The third-order valence-electron chi connectivity index (χ3n) is 1.87. The molecule has 0 fully saturated rings. The van der Waals surface area contributed by atoms with Crippen LogP contribution in [0.15, 0.2) is 11.6 Å². The van der Waals surface area contributed by atoms with Crippen LogP contribution in [0.2, 0.25) is 0 Å². The summed E-state index contributed by atoms with van der Waals surface area (Å²) in [5.74, 6) is 0.716. The summed E-state index contributed by atoms with van der Waals surface area (Å²) >= 11 is 1.69. The standard InChI is InChI=1S/C11H18N2S/c1-9(2)7-12-6-4-5-11-10(3)13-8-14-11/h4-5,8-9,12H,6-7H2,1-3H3. The molecule has 78 valence electrons. The van der Waals surface area contributed by atoms with Gasteiger partial charge in [0, 0.05) is 11.4 Å². The van der Waals surface area contributed by atoms with Crippen LogP contribution in [0.5, 0.6) is 0 Å². The van der Waals surface area contributed by atoms with Crippen LogP contribution in [0.1, 0.15) is 24.4 Å². The third kappa shape index (κ3) is 4.03. The topological polar surface area (TPSA) is 24.9 Å². The molecule has 0 aromatic carbocycles. The van der Waals surface area contributed by atoms with Crippen molar-refractivity contribution in [2.75, 3.05) is 13.1 Å². The van der Waals surface area contributed by atoms with Crippen molar-refractivity contribution in [3.8, 4) is 0 Å². The maximum absolute atomic E-state index is 4.19. The summed E-state index contributed by atoms with van der Waals surface area (Å²) in [5, 5.41) is 3.36. The molecular formula is C11H18N2S. The fourth-order valence-corrected chi connectivity index (χ4v) is 1.81. The molecule has 14 heavy (non-hydrogen) atoms. The molecule has 0 bridgehead atoms. The van der Waals surface area contributed by atoms with Crippen LogP contribution in [-0.4, -0.2) is 18.1 Å². The highest BCUT2D eigenvalue weighted by molar-refractivity contribution is 7.10. The Hall–Kier alpha value is -0.670. The van der Waals surface area contributed by atoms with Crippen molar-refractivity contribution in [1.82, 2.24) is 10.3 Å². The van der Waals surface area contributed by atoms with E-state index in [0.717, 1.165) is 18.8 Å². The number of nitrogens with one attached hydrogen (secondary N) is 1. The third-order valence-corrected chi connectivity index (χ3v) is 2.76. The first-order valence-electron chi connectivity index (χ1n) is 4.97. The first-order valence-corrected chi connectivity index (χ1v) is 5.85. The highest BCUT2D eigenvalue weighted by atomic mass is 32.1. The number of rotatable bonds is 5. The Bertz CT molecular complexity index is 289. The Morgan fingerprint density at radius 1 is 1.57 bits per heavy atom. The van der Waals surface area contributed by atoms with Gasteiger partial charge in [0.05, 0.1) is 11.2 Å². The molecule has 1 aromatic rings. The van der Waals surface area contributed by atoms with Gasteiger partial charge in [-0.15, -0.1) is 11.3 Å². The van der Waals surface area contributed by atoms with Gasteiger partial charge in [0.2, 0.25) is 0 Å². The first-order chi connectivity index (χ1) is 6.70. The minimum Gasteiger partial charge on any atom is -0.313 e. The zero-order valence-electron chi connectivity index (χ0n) is 9.08. The molecule has 0 aliphatic heterocycles. The van der Waals surface area contributed by atoms with E-state index in [0.29, 0.717) is 5.92 Å². The summed E-state index contributed by atoms with van der Waals surface area (Å²) in [7, 11) is 0. The van der Waals surface area contributed by atoms with E-state index in [1.54, 1.807) is 11.3 Å². The molecule has 2 nitrogen and oxygen atoms in total. The zero-order valence-corrected chi connectivity index (χ0v) is 9.90. The van der Waals surface area contributed by atoms with Crippen LogP contribution in [0.4, 0.5) is 0 Å². The maximum Gasteiger partial charge on any atom is 0.0801 e. The summed E-state index contributed by atoms with van der Waals surface area (Å²) in [6.07, 6.45) is 4.29. The molecule has 0 saturated heterocycles. The van der Waals surface area contributed by atoms with Gasteiger partial charge in [0.1, 0.15) is 0 Å². The summed E-state index contributed by atoms with van der Waals surface area (Å²) < 4.78 is 0. The Balaban J connectivity index is 2.25. The number of hydrogen-bond acceptors (Lipinski definition) is 3. The fourth-order valence-electron chi connectivity index (χ4n) is 1.09. The van der Waals surface area contributed by atoms with Crippen molar-refractivity contribution in [2.24, 2.45) is 5.92 Å². The first kappa shape index (κ1) is 11.4. The normalized spacial score (nSPS) is 11.7.